The second-order valence-corrected chi connectivity index (χ2v) is 7.00. The van der Waals surface area contributed by atoms with Gasteiger partial charge in [-0.1, -0.05) is 6.07 Å². The van der Waals surface area contributed by atoms with Crippen molar-refractivity contribution in [2.75, 3.05) is 39.3 Å². The van der Waals surface area contributed by atoms with E-state index < -0.39 is 0 Å². The summed E-state index contributed by atoms with van der Waals surface area (Å²) in [5.41, 5.74) is 3.99. The number of benzene rings is 2. The van der Waals surface area contributed by atoms with Crippen LogP contribution in [-0.4, -0.2) is 45.2 Å². The molecule has 5 heteroatoms. The summed E-state index contributed by atoms with van der Waals surface area (Å²) in [6.07, 6.45) is 0.788. The molecule has 0 aromatic heterocycles. The van der Waals surface area contributed by atoms with Crippen LogP contribution in [0, 0.1) is 0 Å². The van der Waals surface area contributed by atoms with E-state index in [0.717, 1.165) is 29.2 Å². The van der Waals surface area contributed by atoms with Gasteiger partial charge in [-0.2, -0.15) is 0 Å². The lowest BCUT2D eigenvalue weighted by Gasteiger charge is -2.36. The van der Waals surface area contributed by atoms with Crippen molar-refractivity contribution >= 4 is 11.6 Å². The average molecular weight is 368 g/mol. The van der Waals surface area contributed by atoms with E-state index in [1.807, 2.05) is 61.2 Å². The van der Waals surface area contributed by atoms with E-state index in [4.69, 9.17) is 9.47 Å². The third kappa shape index (κ3) is 3.72. The SMILES string of the molecule is CCOc1cc2c(c(OC)c1)C(C)N(C(=O)c1cccc(N(C)C)c1)CC2. The van der Waals surface area contributed by atoms with Gasteiger partial charge in [0.2, 0.25) is 0 Å². The van der Waals surface area contributed by atoms with E-state index in [-0.39, 0.29) is 11.9 Å². The third-order valence-electron chi connectivity index (χ3n) is 5.11. The fraction of sp³-hybridized carbons (Fsp3) is 0.409. The Kier molecular flexibility index (Phi) is 5.59. The summed E-state index contributed by atoms with van der Waals surface area (Å²) < 4.78 is 11.3. The van der Waals surface area contributed by atoms with Gasteiger partial charge in [-0.15, -0.1) is 0 Å². The van der Waals surface area contributed by atoms with E-state index in [9.17, 15) is 4.79 Å². The van der Waals surface area contributed by atoms with Gasteiger partial charge in [0.05, 0.1) is 19.8 Å². The van der Waals surface area contributed by atoms with Crippen molar-refractivity contribution in [2.45, 2.75) is 26.3 Å². The lowest BCUT2D eigenvalue weighted by atomic mass is 9.91. The number of hydrogen-bond donors (Lipinski definition) is 0. The number of methoxy groups -OCH3 is 1. The molecular weight excluding hydrogens is 340 g/mol. The zero-order valence-corrected chi connectivity index (χ0v) is 16.8. The van der Waals surface area contributed by atoms with Crippen molar-refractivity contribution in [3.63, 3.8) is 0 Å². The lowest BCUT2D eigenvalue weighted by molar-refractivity contribution is 0.0675. The summed E-state index contributed by atoms with van der Waals surface area (Å²) >= 11 is 0. The quantitative estimate of drug-likeness (QED) is 0.802. The van der Waals surface area contributed by atoms with Gasteiger partial charge in [0.15, 0.2) is 0 Å². The first-order valence-electron chi connectivity index (χ1n) is 9.38. The van der Waals surface area contributed by atoms with Crippen LogP contribution >= 0.6 is 0 Å². The summed E-state index contributed by atoms with van der Waals surface area (Å²) in [7, 11) is 5.62. The van der Waals surface area contributed by atoms with Gasteiger partial charge >= 0.3 is 0 Å². The number of rotatable bonds is 5. The highest BCUT2D eigenvalue weighted by atomic mass is 16.5. The van der Waals surface area contributed by atoms with E-state index >= 15 is 0 Å². The predicted molar refractivity (Wildman–Crippen MR) is 108 cm³/mol. The molecule has 0 saturated heterocycles. The van der Waals surface area contributed by atoms with Crippen LogP contribution in [0.5, 0.6) is 11.5 Å². The summed E-state index contributed by atoms with van der Waals surface area (Å²) in [5.74, 6) is 1.65. The monoisotopic (exact) mass is 368 g/mol. The molecule has 1 atom stereocenters. The second-order valence-electron chi connectivity index (χ2n) is 7.00. The van der Waals surface area contributed by atoms with Crippen LogP contribution in [0.25, 0.3) is 0 Å². The number of carbonyl (C=O) groups is 1. The van der Waals surface area contributed by atoms with Gasteiger partial charge in [0.25, 0.3) is 5.91 Å². The normalized spacial score (nSPS) is 15.9. The number of amides is 1. The third-order valence-corrected chi connectivity index (χ3v) is 5.11. The Balaban J connectivity index is 1.93. The summed E-state index contributed by atoms with van der Waals surface area (Å²) in [5, 5.41) is 0. The number of nitrogens with zero attached hydrogens (tertiary/aromatic N) is 2. The molecule has 0 aliphatic carbocycles. The van der Waals surface area contributed by atoms with Crippen LogP contribution in [-0.2, 0) is 6.42 Å². The molecule has 5 nitrogen and oxygen atoms in total. The van der Waals surface area contributed by atoms with Gasteiger partial charge < -0.3 is 19.3 Å². The fourth-order valence-corrected chi connectivity index (χ4v) is 3.71. The number of hydrogen-bond acceptors (Lipinski definition) is 4. The molecule has 1 amide bonds. The molecular formula is C22H28N2O3. The zero-order valence-electron chi connectivity index (χ0n) is 16.8. The van der Waals surface area contributed by atoms with Crippen molar-refractivity contribution in [2.24, 2.45) is 0 Å². The van der Waals surface area contributed by atoms with E-state index in [2.05, 4.69) is 13.0 Å². The van der Waals surface area contributed by atoms with Crippen LogP contribution < -0.4 is 14.4 Å². The number of ether oxygens (including phenoxy) is 2. The Labute approximate surface area is 161 Å². The Morgan fingerprint density at radius 3 is 2.70 bits per heavy atom. The van der Waals surface area contributed by atoms with Crippen LogP contribution in [0.15, 0.2) is 36.4 Å². The van der Waals surface area contributed by atoms with E-state index in [0.29, 0.717) is 18.7 Å². The van der Waals surface area contributed by atoms with Gasteiger partial charge in [0, 0.05) is 43.5 Å². The maximum absolute atomic E-state index is 13.2. The molecule has 0 fully saturated rings. The molecule has 0 saturated carbocycles. The van der Waals surface area contributed by atoms with Crippen LogP contribution in [0.2, 0.25) is 0 Å². The Morgan fingerprint density at radius 2 is 2.04 bits per heavy atom. The molecule has 0 N–H and O–H groups in total. The van der Waals surface area contributed by atoms with Crippen LogP contribution in [0.4, 0.5) is 5.69 Å². The van der Waals surface area contributed by atoms with Crippen molar-refractivity contribution in [1.29, 1.82) is 0 Å². The maximum atomic E-state index is 13.2. The van der Waals surface area contributed by atoms with Crippen molar-refractivity contribution in [3.8, 4) is 11.5 Å². The Hall–Kier alpha value is -2.69. The minimum absolute atomic E-state index is 0.0489. The molecule has 0 radical (unpaired) electrons. The number of fused-ring (bicyclic) bond motifs is 1. The molecule has 27 heavy (non-hydrogen) atoms. The molecule has 2 aromatic carbocycles. The minimum Gasteiger partial charge on any atom is -0.496 e. The molecule has 1 aliphatic heterocycles. The first kappa shape index (κ1) is 19.1. The molecule has 144 valence electrons. The van der Waals surface area contributed by atoms with Gasteiger partial charge in [-0.3, -0.25) is 4.79 Å². The Bertz CT molecular complexity index is 815. The van der Waals surface area contributed by atoms with Crippen molar-refractivity contribution < 1.29 is 14.3 Å². The first-order valence-corrected chi connectivity index (χ1v) is 9.38. The van der Waals surface area contributed by atoms with Crippen molar-refractivity contribution in [1.82, 2.24) is 4.90 Å². The van der Waals surface area contributed by atoms with Crippen molar-refractivity contribution in [3.05, 3.63) is 53.1 Å². The van der Waals surface area contributed by atoms with E-state index in [1.54, 1.807) is 7.11 Å². The highest BCUT2D eigenvalue weighted by Crippen LogP contribution is 2.39. The minimum atomic E-state index is -0.0603. The molecule has 2 aromatic rings. The molecule has 1 heterocycles. The van der Waals surface area contributed by atoms with E-state index in [1.165, 1.54) is 5.56 Å². The molecule has 3 rings (SSSR count). The standard InChI is InChI=1S/C22H28N2O3/c1-6-27-19-13-16-10-11-24(15(2)21(16)20(14-19)26-5)22(25)17-8-7-9-18(12-17)23(3)4/h7-9,12-15H,6,10-11H2,1-5H3. The summed E-state index contributed by atoms with van der Waals surface area (Å²) in [6.45, 7) is 5.33. The smallest absolute Gasteiger partial charge is 0.254 e. The zero-order chi connectivity index (χ0) is 19.6. The highest BCUT2D eigenvalue weighted by molar-refractivity contribution is 5.95. The predicted octanol–water partition coefficient (Wildman–Crippen LogP) is 3.92. The summed E-state index contributed by atoms with van der Waals surface area (Å²) in [6, 6.07) is 11.7. The molecule has 0 bridgehead atoms. The first-order chi connectivity index (χ1) is 13.0. The fourth-order valence-electron chi connectivity index (χ4n) is 3.71. The van der Waals surface area contributed by atoms with Gasteiger partial charge in [-0.05, 0) is 50.1 Å². The van der Waals surface area contributed by atoms with Gasteiger partial charge in [0.1, 0.15) is 11.5 Å². The van der Waals surface area contributed by atoms with Crippen LogP contribution in [0.3, 0.4) is 0 Å². The number of anilines is 1. The highest BCUT2D eigenvalue weighted by Gasteiger charge is 2.31. The molecule has 1 unspecified atom stereocenters. The van der Waals surface area contributed by atoms with Gasteiger partial charge in [-0.25, -0.2) is 0 Å². The summed E-state index contributed by atoms with van der Waals surface area (Å²) in [4.78, 5) is 17.1. The average Bonchev–Trinajstić information content (AvgIpc) is 2.67. The second kappa shape index (κ2) is 7.91. The Morgan fingerprint density at radius 1 is 1.26 bits per heavy atom. The largest absolute Gasteiger partial charge is 0.496 e. The molecule has 1 aliphatic rings. The van der Waals surface area contributed by atoms with Crippen LogP contribution in [0.1, 0.15) is 41.4 Å². The maximum Gasteiger partial charge on any atom is 0.254 e. The lowest BCUT2D eigenvalue weighted by Crippen LogP contribution is -2.39. The number of carbonyl (C=O) groups excluding carboxylic acids is 1. The topological polar surface area (TPSA) is 42.0 Å². The molecule has 0 spiro atoms.